The second kappa shape index (κ2) is 8.15. The van der Waals surface area contributed by atoms with Crippen LogP contribution in [0.3, 0.4) is 0 Å². The van der Waals surface area contributed by atoms with Crippen molar-refractivity contribution in [3.63, 3.8) is 0 Å². The first-order valence-electron chi connectivity index (χ1n) is 7.72. The average molecular weight is 291 g/mol. The van der Waals surface area contributed by atoms with Crippen LogP contribution >= 0.6 is 0 Å². The van der Waals surface area contributed by atoms with E-state index in [9.17, 15) is 4.79 Å². The van der Waals surface area contributed by atoms with Crippen LogP contribution in [0.2, 0.25) is 0 Å². The summed E-state index contributed by atoms with van der Waals surface area (Å²) in [4.78, 5) is 14.3. The molecule has 4 heteroatoms. The normalized spacial score (nSPS) is 16.9. The summed E-state index contributed by atoms with van der Waals surface area (Å²) in [5.74, 6) is -0.119. The minimum absolute atomic E-state index is 0.114. The predicted octanol–water partition coefficient (Wildman–Crippen LogP) is 2.92. The molecule has 4 nitrogen and oxygen atoms in total. The van der Waals surface area contributed by atoms with Gasteiger partial charge in [0.05, 0.1) is 19.6 Å². The van der Waals surface area contributed by atoms with Gasteiger partial charge in [0.25, 0.3) is 0 Å². The van der Waals surface area contributed by atoms with Crippen molar-refractivity contribution >= 4 is 5.97 Å². The van der Waals surface area contributed by atoms with Gasteiger partial charge in [0.1, 0.15) is 0 Å². The van der Waals surface area contributed by atoms with Crippen LogP contribution in [0, 0.1) is 0 Å². The first-order valence-corrected chi connectivity index (χ1v) is 7.72. The first kappa shape index (κ1) is 16.0. The van der Waals surface area contributed by atoms with E-state index in [2.05, 4.69) is 23.1 Å². The zero-order chi connectivity index (χ0) is 15.1. The Labute approximate surface area is 127 Å². The van der Waals surface area contributed by atoms with E-state index in [1.165, 1.54) is 18.4 Å². The Balaban J connectivity index is 2.17. The molecule has 0 radical (unpaired) electrons. The number of ether oxygens (including phenoxy) is 2. The molecule has 0 N–H and O–H groups in total. The van der Waals surface area contributed by atoms with Gasteiger partial charge in [0, 0.05) is 13.2 Å². The van der Waals surface area contributed by atoms with Gasteiger partial charge in [0.2, 0.25) is 0 Å². The summed E-state index contributed by atoms with van der Waals surface area (Å²) < 4.78 is 10.3. The Hall–Kier alpha value is -1.39. The maximum Gasteiger partial charge on any atom is 0.307 e. The Bertz CT molecular complexity index is 455. The SMILES string of the molecule is CCOC(=O)CC(c1cccc(COC)c1)N1CCCC1. The van der Waals surface area contributed by atoms with Crippen LogP contribution in [0.4, 0.5) is 0 Å². The lowest BCUT2D eigenvalue weighted by atomic mass is 10.00. The van der Waals surface area contributed by atoms with Crippen LogP contribution in [0.5, 0.6) is 0 Å². The van der Waals surface area contributed by atoms with E-state index in [4.69, 9.17) is 9.47 Å². The van der Waals surface area contributed by atoms with Crippen molar-refractivity contribution < 1.29 is 14.3 Å². The van der Waals surface area contributed by atoms with Crippen molar-refractivity contribution in [3.05, 3.63) is 35.4 Å². The van der Waals surface area contributed by atoms with Gasteiger partial charge in [-0.2, -0.15) is 0 Å². The molecule has 1 aliphatic heterocycles. The molecular formula is C17H25NO3. The van der Waals surface area contributed by atoms with Gasteiger partial charge in [-0.15, -0.1) is 0 Å². The molecule has 1 heterocycles. The fourth-order valence-electron chi connectivity index (χ4n) is 2.95. The number of benzene rings is 1. The fourth-order valence-corrected chi connectivity index (χ4v) is 2.95. The molecule has 116 valence electrons. The molecule has 1 unspecified atom stereocenters. The summed E-state index contributed by atoms with van der Waals surface area (Å²) in [6.45, 7) is 4.99. The molecular weight excluding hydrogens is 266 g/mol. The number of hydrogen-bond donors (Lipinski definition) is 0. The molecule has 0 bridgehead atoms. The third-order valence-corrected chi connectivity index (χ3v) is 3.89. The van der Waals surface area contributed by atoms with Crippen molar-refractivity contribution in [2.24, 2.45) is 0 Å². The minimum Gasteiger partial charge on any atom is -0.466 e. The van der Waals surface area contributed by atoms with Gasteiger partial charge >= 0.3 is 5.97 Å². The highest BCUT2D eigenvalue weighted by Crippen LogP contribution is 2.29. The molecule has 1 saturated heterocycles. The Morgan fingerprint density at radius 2 is 2.10 bits per heavy atom. The number of hydrogen-bond acceptors (Lipinski definition) is 4. The minimum atomic E-state index is -0.119. The van der Waals surface area contributed by atoms with Crippen molar-refractivity contribution in [3.8, 4) is 0 Å². The Morgan fingerprint density at radius 3 is 2.76 bits per heavy atom. The van der Waals surface area contributed by atoms with Gasteiger partial charge in [-0.25, -0.2) is 0 Å². The fraction of sp³-hybridized carbons (Fsp3) is 0.588. The molecule has 1 atom stereocenters. The number of nitrogens with zero attached hydrogens (tertiary/aromatic N) is 1. The van der Waals surface area contributed by atoms with E-state index >= 15 is 0 Å². The molecule has 1 aromatic carbocycles. The van der Waals surface area contributed by atoms with Crippen molar-refractivity contribution in [2.45, 2.75) is 38.8 Å². The van der Waals surface area contributed by atoms with Gasteiger partial charge in [-0.1, -0.05) is 24.3 Å². The second-order valence-electron chi connectivity index (χ2n) is 5.45. The van der Waals surface area contributed by atoms with Crippen molar-refractivity contribution in [2.75, 3.05) is 26.8 Å². The zero-order valence-corrected chi connectivity index (χ0v) is 13.0. The van der Waals surface area contributed by atoms with Crippen LogP contribution in [-0.4, -0.2) is 37.7 Å². The highest BCUT2D eigenvalue weighted by Gasteiger charge is 2.26. The predicted molar refractivity (Wildman–Crippen MR) is 82.0 cm³/mol. The molecule has 21 heavy (non-hydrogen) atoms. The Kier molecular flexibility index (Phi) is 6.21. The third kappa shape index (κ3) is 4.55. The topological polar surface area (TPSA) is 38.8 Å². The van der Waals surface area contributed by atoms with Crippen LogP contribution in [0.1, 0.15) is 43.4 Å². The summed E-state index contributed by atoms with van der Waals surface area (Å²) in [5, 5.41) is 0. The maximum atomic E-state index is 11.9. The quantitative estimate of drug-likeness (QED) is 0.724. The number of esters is 1. The molecule has 1 fully saturated rings. The highest BCUT2D eigenvalue weighted by molar-refractivity contribution is 5.70. The summed E-state index contributed by atoms with van der Waals surface area (Å²) in [7, 11) is 1.70. The largest absolute Gasteiger partial charge is 0.466 e. The van der Waals surface area contributed by atoms with Gasteiger partial charge in [0.15, 0.2) is 0 Å². The van der Waals surface area contributed by atoms with E-state index in [1.807, 2.05) is 13.0 Å². The molecule has 1 aromatic rings. The number of methoxy groups -OCH3 is 1. The van der Waals surface area contributed by atoms with Crippen molar-refractivity contribution in [1.82, 2.24) is 4.90 Å². The molecule has 2 rings (SSSR count). The highest BCUT2D eigenvalue weighted by atomic mass is 16.5. The van der Waals surface area contributed by atoms with Crippen LogP contribution in [0.15, 0.2) is 24.3 Å². The summed E-state index contributed by atoms with van der Waals surface area (Å²) in [6.07, 6.45) is 2.83. The van der Waals surface area contributed by atoms with Crippen LogP contribution in [0.25, 0.3) is 0 Å². The maximum absolute atomic E-state index is 11.9. The summed E-state index contributed by atoms with van der Waals surface area (Å²) in [5.41, 5.74) is 2.32. The van der Waals surface area contributed by atoms with Gasteiger partial charge in [-0.05, 0) is 44.0 Å². The monoisotopic (exact) mass is 291 g/mol. The molecule has 0 aromatic heterocycles. The smallest absolute Gasteiger partial charge is 0.307 e. The average Bonchev–Trinajstić information content (AvgIpc) is 3.00. The van der Waals surface area contributed by atoms with Crippen LogP contribution in [-0.2, 0) is 20.9 Å². The molecule has 1 aliphatic rings. The van der Waals surface area contributed by atoms with Crippen molar-refractivity contribution in [1.29, 1.82) is 0 Å². The first-order chi connectivity index (χ1) is 10.2. The van der Waals surface area contributed by atoms with E-state index in [-0.39, 0.29) is 12.0 Å². The van der Waals surface area contributed by atoms with Gasteiger partial charge < -0.3 is 9.47 Å². The summed E-state index contributed by atoms with van der Waals surface area (Å²) >= 11 is 0. The number of carbonyl (C=O) groups is 1. The second-order valence-corrected chi connectivity index (χ2v) is 5.45. The van der Waals surface area contributed by atoms with E-state index in [1.54, 1.807) is 7.11 Å². The number of rotatable bonds is 7. The summed E-state index contributed by atoms with van der Waals surface area (Å²) in [6, 6.07) is 8.45. The lowest BCUT2D eigenvalue weighted by molar-refractivity contribution is -0.144. The molecule has 0 saturated carbocycles. The van der Waals surface area contributed by atoms with Gasteiger partial charge in [-0.3, -0.25) is 9.69 Å². The number of carbonyl (C=O) groups excluding carboxylic acids is 1. The molecule has 0 amide bonds. The van der Waals surface area contributed by atoms with E-state index in [0.29, 0.717) is 19.6 Å². The Morgan fingerprint density at radius 1 is 1.33 bits per heavy atom. The van der Waals surface area contributed by atoms with Crippen LogP contribution < -0.4 is 0 Å². The number of likely N-dealkylation sites (tertiary alicyclic amines) is 1. The molecule has 0 aliphatic carbocycles. The molecule has 0 spiro atoms. The lowest BCUT2D eigenvalue weighted by Gasteiger charge is -2.27. The standard InChI is InChI=1S/C17H25NO3/c1-3-21-17(19)12-16(18-9-4-5-10-18)15-8-6-7-14(11-15)13-20-2/h6-8,11,16H,3-5,9-10,12-13H2,1-2H3. The van der Waals surface area contributed by atoms with E-state index < -0.39 is 0 Å². The lowest BCUT2D eigenvalue weighted by Crippen LogP contribution is -2.28. The zero-order valence-electron chi connectivity index (χ0n) is 13.0. The third-order valence-electron chi connectivity index (χ3n) is 3.89. The van der Waals surface area contributed by atoms with E-state index in [0.717, 1.165) is 18.7 Å².